The number of benzene rings is 1. The highest BCUT2D eigenvalue weighted by Crippen LogP contribution is 2.24. The molecule has 0 fully saturated rings. The third-order valence-electron chi connectivity index (χ3n) is 2.57. The number of hydrogen-bond acceptors (Lipinski definition) is 4. The number of carboxylic acid groups (broad SMARTS) is 2. The summed E-state index contributed by atoms with van der Waals surface area (Å²) >= 11 is 0. The molecule has 0 aliphatic heterocycles. The first-order valence-electron chi connectivity index (χ1n) is 5.01. The second-order valence-electron chi connectivity index (χ2n) is 3.85. The van der Waals surface area contributed by atoms with E-state index in [0.717, 1.165) is 0 Å². The number of aliphatic carboxylic acids is 2. The number of carbonyl (C=O) groups is 2. The molecule has 1 aromatic carbocycles. The molecule has 0 amide bonds. The van der Waals surface area contributed by atoms with Crippen molar-refractivity contribution in [2.24, 2.45) is 5.41 Å². The molecule has 0 heterocycles. The summed E-state index contributed by atoms with van der Waals surface area (Å²) in [6, 6.07) is 7.95. The van der Waals surface area contributed by atoms with Gasteiger partial charge >= 0.3 is 11.9 Å². The van der Waals surface area contributed by atoms with E-state index < -0.39 is 35.2 Å². The van der Waals surface area contributed by atoms with Gasteiger partial charge in [-0.05, 0) is 5.56 Å². The summed E-state index contributed by atoms with van der Waals surface area (Å²) in [6.07, 6.45) is -0.431. The summed E-state index contributed by atoms with van der Waals surface area (Å²) in [5.74, 6) is -3.42. The quantitative estimate of drug-likeness (QED) is 0.437. The number of rotatable bonds is 6. The summed E-state index contributed by atoms with van der Waals surface area (Å²) in [5.41, 5.74) is -2.02. The van der Waals surface area contributed by atoms with E-state index in [4.69, 9.17) is 10.2 Å². The Kier molecular flexibility index (Phi) is 3.98. The predicted octanol–water partition coefficient (Wildman–Crippen LogP) is 0.661. The molecule has 1 aromatic rings. The fourth-order valence-corrected chi connectivity index (χ4v) is 1.60. The van der Waals surface area contributed by atoms with Crippen LogP contribution in [-0.4, -0.2) is 33.6 Å². The standard InChI is InChI=1S/C11H11NO6/c13-9(14)11(10(15)16,7-12(17)18)6-8-4-2-1-3-5-8/h1-5H,6-7H2,(H,13,14)(H,15,16). The Bertz CT molecular complexity index is 456. The van der Waals surface area contributed by atoms with Crippen LogP contribution in [0.25, 0.3) is 0 Å². The molecule has 0 spiro atoms. The highest BCUT2D eigenvalue weighted by molar-refractivity contribution is 5.98. The van der Waals surface area contributed by atoms with Crippen LogP contribution in [0.5, 0.6) is 0 Å². The van der Waals surface area contributed by atoms with E-state index in [1.807, 2.05) is 0 Å². The largest absolute Gasteiger partial charge is 0.480 e. The third kappa shape index (κ3) is 2.82. The Balaban J connectivity index is 3.14. The normalized spacial score (nSPS) is 10.9. The maximum absolute atomic E-state index is 11.1. The van der Waals surface area contributed by atoms with Crippen molar-refractivity contribution in [2.75, 3.05) is 6.54 Å². The number of nitrogens with zero attached hydrogens (tertiary/aromatic N) is 1. The highest BCUT2D eigenvalue weighted by atomic mass is 16.6. The van der Waals surface area contributed by atoms with Crippen molar-refractivity contribution in [3.05, 3.63) is 46.0 Å². The van der Waals surface area contributed by atoms with Gasteiger partial charge in [0.2, 0.25) is 12.0 Å². The molecule has 2 N–H and O–H groups in total. The van der Waals surface area contributed by atoms with E-state index in [2.05, 4.69) is 0 Å². The van der Waals surface area contributed by atoms with E-state index in [1.165, 1.54) is 12.1 Å². The Morgan fingerprint density at radius 1 is 1.17 bits per heavy atom. The summed E-state index contributed by atoms with van der Waals surface area (Å²) in [4.78, 5) is 31.8. The molecular formula is C11H11NO6. The van der Waals surface area contributed by atoms with Crippen LogP contribution in [0.2, 0.25) is 0 Å². The molecule has 0 aromatic heterocycles. The van der Waals surface area contributed by atoms with E-state index in [-0.39, 0.29) is 0 Å². The van der Waals surface area contributed by atoms with Crippen LogP contribution >= 0.6 is 0 Å². The first kappa shape index (κ1) is 13.6. The van der Waals surface area contributed by atoms with Gasteiger partial charge in [0.15, 0.2) is 0 Å². The SMILES string of the molecule is O=C(O)C(Cc1ccccc1)(C[N+](=O)[O-])C(=O)O. The van der Waals surface area contributed by atoms with E-state index >= 15 is 0 Å². The lowest BCUT2D eigenvalue weighted by Gasteiger charge is -2.20. The van der Waals surface area contributed by atoms with Crippen LogP contribution in [0.1, 0.15) is 5.56 Å². The zero-order chi connectivity index (χ0) is 13.8. The second kappa shape index (κ2) is 5.26. The number of hydrogen-bond donors (Lipinski definition) is 2. The van der Waals surface area contributed by atoms with Gasteiger partial charge in [-0.1, -0.05) is 30.3 Å². The van der Waals surface area contributed by atoms with Gasteiger partial charge in [0.05, 0.1) is 0 Å². The van der Waals surface area contributed by atoms with E-state index in [1.54, 1.807) is 18.2 Å². The van der Waals surface area contributed by atoms with Crippen molar-refractivity contribution in [1.29, 1.82) is 0 Å². The van der Waals surface area contributed by atoms with Crippen molar-refractivity contribution in [3.63, 3.8) is 0 Å². The van der Waals surface area contributed by atoms with Gasteiger partial charge < -0.3 is 10.2 Å². The van der Waals surface area contributed by atoms with Crippen LogP contribution in [0, 0.1) is 15.5 Å². The maximum atomic E-state index is 11.1. The highest BCUT2D eigenvalue weighted by Gasteiger charge is 2.51. The number of nitro groups is 1. The zero-order valence-corrected chi connectivity index (χ0v) is 9.28. The molecule has 0 aliphatic rings. The van der Waals surface area contributed by atoms with Crippen molar-refractivity contribution >= 4 is 11.9 Å². The molecule has 18 heavy (non-hydrogen) atoms. The molecule has 0 radical (unpaired) electrons. The third-order valence-corrected chi connectivity index (χ3v) is 2.57. The van der Waals surface area contributed by atoms with Gasteiger partial charge in [-0.2, -0.15) is 0 Å². The van der Waals surface area contributed by atoms with Gasteiger partial charge in [0, 0.05) is 11.3 Å². The van der Waals surface area contributed by atoms with E-state index in [9.17, 15) is 19.7 Å². The molecule has 0 aliphatic carbocycles. The molecule has 96 valence electrons. The molecule has 1 rings (SSSR count). The molecule has 7 nitrogen and oxygen atoms in total. The molecule has 0 bridgehead atoms. The van der Waals surface area contributed by atoms with Crippen LogP contribution < -0.4 is 0 Å². The van der Waals surface area contributed by atoms with Gasteiger partial charge in [-0.25, -0.2) is 0 Å². The monoisotopic (exact) mass is 253 g/mol. The van der Waals surface area contributed by atoms with Gasteiger partial charge in [0.25, 0.3) is 0 Å². The minimum absolute atomic E-state index is 0.421. The van der Waals surface area contributed by atoms with Gasteiger partial charge in [0.1, 0.15) is 0 Å². The molecule has 0 saturated carbocycles. The minimum Gasteiger partial charge on any atom is -0.480 e. The van der Waals surface area contributed by atoms with Crippen molar-refractivity contribution in [2.45, 2.75) is 6.42 Å². The first-order chi connectivity index (χ1) is 8.38. The molecule has 0 saturated heterocycles. The summed E-state index contributed by atoms with van der Waals surface area (Å²) in [6.45, 7) is -1.16. The van der Waals surface area contributed by atoms with Crippen LogP contribution in [0.15, 0.2) is 30.3 Å². The lowest BCUT2D eigenvalue weighted by atomic mass is 9.81. The molecule has 0 atom stereocenters. The molecule has 0 unspecified atom stereocenters. The fourth-order valence-electron chi connectivity index (χ4n) is 1.60. The molecular weight excluding hydrogens is 242 g/mol. The topological polar surface area (TPSA) is 118 Å². The molecule has 7 heteroatoms. The predicted molar refractivity (Wildman–Crippen MR) is 59.7 cm³/mol. The zero-order valence-electron chi connectivity index (χ0n) is 9.28. The minimum atomic E-state index is -2.44. The fraction of sp³-hybridized carbons (Fsp3) is 0.273. The Morgan fingerprint density at radius 2 is 1.67 bits per heavy atom. The Labute approximate surface area is 102 Å². The Morgan fingerprint density at radius 3 is 2.06 bits per heavy atom. The van der Waals surface area contributed by atoms with Crippen LogP contribution in [-0.2, 0) is 16.0 Å². The lowest BCUT2D eigenvalue weighted by molar-refractivity contribution is -0.491. The van der Waals surface area contributed by atoms with Crippen molar-refractivity contribution < 1.29 is 24.7 Å². The lowest BCUT2D eigenvalue weighted by Crippen LogP contribution is -2.46. The van der Waals surface area contributed by atoms with Gasteiger partial charge in [-0.15, -0.1) is 0 Å². The van der Waals surface area contributed by atoms with Crippen LogP contribution in [0.3, 0.4) is 0 Å². The maximum Gasteiger partial charge on any atom is 0.328 e. The smallest absolute Gasteiger partial charge is 0.328 e. The van der Waals surface area contributed by atoms with E-state index in [0.29, 0.717) is 5.56 Å². The average molecular weight is 253 g/mol. The summed E-state index contributed by atoms with van der Waals surface area (Å²) in [7, 11) is 0. The Hall–Kier alpha value is -2.44. The first-order valence-corrected chi connectivity index (χ1v) is 5.01. The number of carboxylic acids is 2. The van der Waals surface area contributed by atoms with Gasteiger partial charge in [-0.3, -0.25) is 19.7 Å². The summed E-state index contributed by atoms with van der Waals surface area (Å²) in [5, 5.41) is 28.5. The van der Waals surface area contributed by atoms with Crippen molar-refractivity contribution in [3.8, 4) is 0 Å². The average Bonchev–Trinajstić information content (AvgIpc) is 2.28. The van der Waals surface area contributed by atoms with Crippen LogP contribution in [0.4, 0.5) is 0 Å². The van der Waals surface area contributed by atoms with Crippen molar-refractivity contribution in [1.82, 2.24) is 0 Å². The second-order valence-corrected chi connectivity index (χ2v) is 3.85. The summed E-state index contributed by atoms with van der Waals surface area (Å²) < 4.78 is 0.